The monoisotopic (exact) mass is 215 g/mol. The third-order valence-corrected chi connectivity index (χ3v) is 3.06. The average molecular weight is 215 g/mol. The Morgan fingerprint density at radius 1 is 1.27 bits per heavy atom. The summed E-state index contributed by atoms with van der Waals surface area (Å²) in [6.45, 7) is 10.5. The second-order valence-electron chi connectivity index (χ2n) is 4.59. The Morgan fingerprint density at radius 2 is 1.80 bits per heavy atom. The molecule has 0 aromatic rings. The largest absolute Gasteiger partial charge is 0.468 e. The Hall–Kier alpha value is -0.570. The topological polar surface area (TPSA) is 38.3 Å². The van der Waals surface area contributed by atoms with Gasteiger partial charge in [0.2, 0.25) is 0 Å². The van der Waals surface area contributed by atoms with E-state index in [9.17, 15) is 4.79 Å². The number of rotatable bonds is 6. The zero-order valence-electron chi connectivity index (χ0n) is 10.8. The molecular formula is C12H25NO2. The van der Waals surface area contributed by atoms with Gasteiger partial charge in [0.25, 0.3) is 0 Å². The fraction of sp³-hybridized carbons (Fsp3) is 0.917. The van der Waals surface area contributed by atoms with E-state index in [0.717, 1.165) is 6.42 Å². The average Bonchev–Trinajstić information content (AvgIpc) is 2.22. The van der Waals surface area contributed by atoms with Crippen molar-refractivity contribution in [3.63, 3.8) is 0 Å². The first kappa shape index (κ1) is 14.4. The van der Waals surface area contributed by atoms with Crippen molar-refractivity contribution >= 4 is 5.97 Å². The van der Waals surface area contributed by atoms with Crippen molar-refractivity contribution in [1.82, 2.24) is 5.32 Å². The van der Waals surface area contributed by atoms with Crippen molar-refractivity contribution in [1.29, 1.82) is 0 Å². The van der Waals surface area contributed by atoms with Gasteiger partial charge in [0.1, 0.15) is 6.04 Å². The summed E-state index contributed by atoms with van der Waals surface area (Å²) >= 11 is 0. The van der Waals surface area contributed by atoms with Crippen LogP contribution in [0.1, 0.15) is 41.0 Å². The molecule has 0 saturated heterocycles. The summed E-state index contributed by atoms with van der Waals surface area (Å²) in [5.74, 6) is 0.653. The van der Waals surface area contributed by atoms with Crippen LogP contribution in [-0.2, 0) is 9.53 Å². The predicted molar refractivity (Wildman–Crippen MR) is 62.7 cm³/mol. The highest BCUT2D eigenvalue weighted by atomic mass is 16.5. The first-order valence-electron chi connectivity index (χ1n) is 5.77. The maximum Gasteiger partial charge on any atom is 0.323 e. The quantitative estimate of drug-likeness (QED) is 0.690. The van der Waals surface area contributed by atoms with Crippen molar-refractivity contribution in [2.45, 2.75) is 53.1 Å². The van der Waals surface area contributed by atoms with Crippen LogP contribution in [0.5, 0.6) is 0 Å². The lowest BCUT2D eigenvalue weighted by atomic mass is 9.97. The molecule has 3 atom stereocenters. The molecular weight excluding hydrogens is 190 g/mol. The molecule has 0 heterocycles. The lowest BCUT2D eigenvalue weighted by Crippen LogP contribution is -2.48. The Bertz CT molecular complexity index is 192. The maximum atomic E-state index is 11.5. The fourth-order valence-electron chi connectivity index (χ4n) is 1.46. The molecule has 0 amide bonds. The van der Waals surface area contributed by atoms with Crippen molar-refractivity contribution in [2.24, 2.45) is 11.8 Å². The number of carbonyl (C=O) groups is 1. The molecule has 90 valence electrons. The van der Waals surface area contributed by atoms with Crippen LogP contribution in [0, 0.1) is 11.8 Å². The second kappa shape index (κ2) is 6.83. The molecule has 0 aromatic heterocycles. The molecule has 0 aliphatic rings. The van der Waals surface area contributed by atoms with Gasteiger partial charge in [0.15, 0.2) is 0 Å². The lowest BCUT2D eigenvalue weighted by Gasteiger charge is -2.27. The summed E-state index contributed by atoms with van der Waals surface area (Å²) in [5.41, 5.74) is 0. The molecule has 0 aliphatic heterocycles. The summed E-state index contributed by atoms with van der Waals surface area (Å²) in [7, 11) is 1.44. The van der Waals surface area contributed by atoms with Gasteiger partial charge in [-0.05, 0) is 18.8 Å². The second-order valence-corrected chi connectivity index (χ2v) is 4.59. The first-order valence-corrected chi connectivity index (χ1v) is 5.77. The molecule has 0 bridgehead atoms. The van der Waals surface area contributed by atoms with E-state index < -0.39 is 0 Å². The highest BCUT2D eigenvalue weighted by Gasteiger charge is 2.25. The summed E-state index contributed by atoms with van der Waals surface area (Å²) in [4.78, 5) is 11.5. The van der Waals surface area contributed by atoms with E-state index in [2.05, 4.69) is 26.1 Å². The van der Waals surface area contributed by atoms with Crippen LogP contribution < -0.4 is 5.32 Å². The number of methoxy groups -OCH3 is 1. The number of carbonyl (C=O) groups excluding carboxylic acids is 1. The van der Waals surface area contributed by atoms with E-state index in [0.29, 0.717) is 12.0 Å². The van der Waals surface area contributed by atoms with Crippen LogP contribution in [0.3, 0.4) is 0 Å². The van der Waals surface area contributed by atoms with Crippen LogP contribution in [0.2, 0.25) is 0 Å². The summed E-state index contributed by atoms with van der Waals surface area (Å²) in [6.07, 6.45) is 1.11. The maximum absolute atomic E-state index is 11.5. The zero-order valence-corrected chi connectivity index (χ0v) is 10.8. The normalized spacial score (nSPS) is 17.3. The van der Waals surface area contributed by atoms with Gasteiger partial charge in [0, 0.05) is 6.04 Å². The zero-order chi connectivity index (χ0) is 12.0. The minimum Gasteiger partial charge on any atom is -0.468 e. The van der Waals surface area contributed by atoms with Gasteiger partial charge in [-0.15, -0.1) is 0 Å². The molecule has 0 rings (SSSR count). The predicted octanol–water partition coefficient (Wildman–Crippen LogP) is 2.21. The van der Waals surface area contributed by atoms with Crippen LogP contribution in [0.15, 0.2) is 0 Å². The third kappa shape index (κ3) is 4.65. The van der Waals surface area contributed by atoms with E-state index in [-0.39, 0.29) is 17.9 Å². The van der Waals surface area contributed by atoms with Gasteiger partial charge < -0.3 is 10.1 Å². The minimum absolute atomic E-state index is 0.167. The molecule has 2 unspecified atom stereocenters. The Labute approximate surface area is 93.6 Å². The fourth-order valence-corrected chi connectivity index (χ4v) is 1.46. The Morgan fingerprint density at radius 3 is 2.13 bits per heavy atom. The molecule has 3 nitrogen and oxygen atoms in total. The molecule has 0 fully saturated rings. The Kier molecular flexibility index (Phi) is 6.57. The molecule has 0 aromatic carbocycles. The van der Waals surface area contributed by atoms with Crippen molar-refractivity contribution in [3.8, 4) is 0 Å². The molecule has 3 heteroatoms. The molecule has 0 radical (unpaired) electrons. The van der Waals surface area contributed by atoms with E-state index in [1.165, 1.54) is 7.11 Å². The van der Waals surface area contributed by atoms with E-state index in [1.807, 2.05) is 13.8 Å². The number of hydrogen-bond donors (Lipinski definition) is 1. The smallest absolute Gasteiger partial charge is 0.323 e. The molecule has 0 saturated carbocycles. The van der Waals surface area contributed by atoms with Crippen molar-refractivity contribution in [2.75, 3.05) is 7.11 Å². The summed E-state index contributed by atoms with van der Waals surface area (Å²) < 4.78 is 4.79. The number of nitrogens with one attached hydrogen (secondary N) is 1. The Balaban J connectivity index is 4.35. The third-order valence-electron chi connectivity index (χ3n) is 3.06. The first-order chi connectivity index (χ1) is 6.93. The molecule has 1 N–H and O–H groups in total. The van der Waals surface area contributed by atoms with Crippen molar-refractivity contribution < 1.29 is 9.53 Å². The van der Waals surface area contributed by atoms with Crippen molar-refractivity contribution in [3.05, 3.63) is 0 Å². The van der Waals surface area contributed by atoms with Gasteiger partial charge in [-0.1, -0.05) is 34.1 Å². The van der Waals surface area contributed by atoms with Gasteiger partial charge >= 0.3 is 5.97 Å². The van der Waals surface area contributed by atoms with E-state index in [4.69, 9.17) is 4.74 Å². The number of esters is 1. The molecule has 15 heavy (non-hydrogen) atoms. The standard InChI is InChI=1S/C12H25NO2/c1-7-9(4)10(5)13-11(8(2)3)12(14)15-6/h8-11,13H,7H2,1-6H3/t9?,10?,11-/m0/s1. The van der Waals surface area contributed by atoms with Crippen LogP contribution in [0.4, 0.5) is 0 Å². The molecule has 0 aliphatic carbocycles. The van der Waals surface area contributed by atoms with Gasteiger partial charge in [0.05, 0.1) is 7.11 Å². The van der Waals surface area contributed by atoms with Gasteiger partial charge in [-0.25, -0.2) is 0 Å². The number of ether oxygens (including phenoxy) is 1. The van der Waals surface area contributed by atoms with Crippen LogP contribution >= 0.6 is 0 Å². The highest BCUT2D eigenvalue weighted by molar-refractivity contribution is 5.75. The SMILES string of the molecule is CCC(C)C(C)N[C@H](C(=O)OC)C(C)C. The summed E-state index contributed by atoms with van der Waals surface area (Å²) in [5, 5.41) is 3.34. The van der Waals surface area contributed by atoms with Gasteiger partial charge in [-0.3, -0.25) is 4.79 Å². The lowest BCUT2D eigenvalue weighted by molar-refractivity contribution is -0.144. The van der Waals surface area contributed by atoms with E-state index >= 15 is 0 Å². The number of hydrogen-bond acceptors (Lipinski definition) is 3. The highest BCUT2D eigenvalue weighted by Crippen LogP contribution is 2.11. The summed E-state index contributed by atoms with van der Waals surface area (Å²) in [6, 6.07) is 0.139. The van der Waals surface area contributed by atoms with Crippen LogP contribution in [-0.4, -0.2) is 25.2 Å². The van der Waals surface area contributed by atoms with E-state index in [1.54, 1.807) is 0 Å². The van der Waals surface area contributed by atoms with Gasteiger partial charge in [-0.2, -0.15) is 0 Å². The molecule has 0 spiro atoms. The van der Waals surface area contributed by atoms with Crippen LogP contribution in [0.25, 0.3) is 0 Å². The minimum atomic E-state index is -0.195.